The number of carboxylic acid groups (broad SMARTS) is 1. The minimum atomic E-state index is -0.924. The van der Waals surface area contributed by atoms with Gasteiger partial charge in [-0.2, -0.15) is 0 Å². The third-order valence-electron chi connectivity index (χ3n) is 3.45. The van der Waals surface area contributed by atoms with E-state index in [4.69, 9.17) is 10.8 Å². The van der Waals surface area contributed by atoms with Gasteiger partial charge in [0.2, 0.25) is 5.91 Å². The van der Waals surface area contributed by atoms with Crippen LogP contribution in [0.2, 0.25) is 0 Å². The molecule has 0 saturated heterocycles. The second-order valence-electron chi connectivity index (χ2n) is 5.59. The lowest BCUT2D eigenvalue weighted by molar-refractivity contribution is -0.138. The van der Waals surface area contributed by atoms with Gasteiger partial charge in [0.15, 0.2) is 0 Å². The number of nitrogens with one attached hydrogen (secondary N) is 1. The topological polar surface area (TPSA) is 92.4 Å². The molecule has 1 unspecified atom stereocenters. The standard InChI is InChI=1S/C16H24N2O3/c1-11(2)14(10-15(19)20)18-16(21)13(17)9-8-12-6-4-3-5-7-12/h3-7,11,13-14H,8-10,17H2,1-2H3,(H,18,21)(H,19,20)/t13-,14?/m0/s1. The van der Waals surface area contributed by atoms with Crippen molar-refractivity contribution in [1.82, 2.24) is 5.32 Å². The van der Waals surface area contributed by atoms with Gasteiger partial charge < -0.3 is 16.2 Å². The summed E-state index contributed by atoms with van der Waals surface area (Å²) in [5.41, 5.74) is 7.02. The number of hydrogen-bond donors (Lipinski definition) is 3. The third-order valence-corrected chi connectivity index (χ3v) is 3.45. The lowest BCUT2D eigenvalue weighted by Crippen LogP contribution is -2.48. The zero-order chi connectivity index (χ0) is 15.8. The van der Waals surface area contributed by atoms with Gasteiger partial charge in [-0.05, 0) is 24.3 Å². The van der Waals surface area contributed by atoms with Crippen LogP contribution in [-0.2, 0) is 16.0 Å². The summed E-state index contributed by atoms with van der Waals surface area (Å²) in [7, 11) is 0. The number of carbonyl (C=O) groups excluding carboxylic acids is 1. The molecule has 0 heterocycles. The summed E-state index contributed by atoms with van der Waals surface area (Å²) in [6.07, 6.45) is 1.17. The number of carboxylic acids is 1. The third kappa shape index (κ3) is 6.40. The van der Waals surface area contributed by atoms with Crippen molar-refractivity contribution >= 4 is 11.9 Å². The first-order valence-electron chi connectivity index (χ1n) is 7.21. The number of benzene rings is 1. The fourth-order valence-corrected chi connectivity index (χ4v) is 2.03. The van der Waals surface area contributed by atoms with Gasteiger partial charge in [-0.25, -0.2) is 0 Å². The number of aryl methyl sites for hydroxylation is 1. The summed E-state index contributed by atoms with van der Waals surface area (Å²) >= 11 is 0. The van der Waals surface area contributed by atoms with Crippen LogP contribution in [0.4, 0.5) is 0 Å². The monoisotopic (exact) mass is 292 g/mol. The maximum atomic E-state index is 12.0. The van der Waals surface area contributed by atoms with E-state index in [1.54, 1.807) is 0 Å². The first-order valence-corrected chi connectivity index (χ1v) is 7.21. The number of aliphatic carboxylic acids is 1. The highest BCUT2D eigenvalue weighted by molar-refractivity contribution is 5.82. The second kappa shape index (κ2) is 8.42. The number of rotatable bonds is 8. The molecule has 0 saturated carbocycles. The Morgan fingerprint density at radius 2 is 1.86 bits per heavy atom. The molecule has 0 bridgehead atoms. The van der Waals surface area contributed by atoms with Crippen molar-refractivity contribution in [3.05, 3.63) is 35.9 Å². The van der Waals surface area contributed by atoms with E-state index in [2.05, 4.69) is 5.32 Å². The average Bonchev–Trinajstić information content (AvgIpc) is 2.44. The Balaban J connectivity index is 2.47. The molecule has 0 fully saturated rings. The van der Waals surface area contributed by atoms with Crippen molar-refractivity contribution in [2.24, 2.45) is 11.7 Å². The first-order chi connectivity index (χ1) is 9.90. The quantitative estimate of drug-likeness (QED) is 0.678. The molecule has 5 nitrogen and oxygen atoms in total. The maximum absolute atomic E-state index is 12.0. The molecular formula is C16H24N2O3. The number of nitrogens with two attached hydrogens (primary N) is 1. The van der Waals surface area contributed by atoms with Gasteiger partial charge in [-0.1, -0.05) is 44.2 Å². The molecule has 4 N–H and O–H groups in total. The van der Waals surface area contributed by atoms with Gasteiger partial charge >= 0.3 is 5.97 Å². The summed E-state index contributed by atoms with van der Waals surface area (Å²) in [4.78, 5) is 22.8. The first kappa shape index (κ1) is 17.2. The zero-order valence-electron chi connectivity index (χ0n) is 12.6. The van der Waals surface area contributed by atoms with E-state index in [0.717, 1.165) is 12.0 Å². The lowest BCUT2D eigenvalue weighted by Gasteiger charge is -2.22. The van der Waals surface area contributed by atoms with Gasteiger partial charge in [0, 0.05) is 6.04 Å². The smallest absolute Gasteiger partial charge is 0.305 e. The van der Waals surface area contributed by atoms with Crippen LogP contribution in [0.25, 0.3) is 0 Å². The Hall–Kier alpha value is -1.88. The highest BCUT2D eigenvalue weighted by Crippen LogP contribution is 2.08. The van der Waals surface area contributed by atoms with Crippen molar-refractivity contribution in [3.63, 3.8) is 0 Å². The van der Waals surface area contributed by atoms with E-state index in [-0.39, 0.29) is 18.2 Å². The molecule has 2 atom stereocenters. The normalized spacial score (nSPS) is 13.7. The molecular weight excluding hydrogens is 268 g/mol. The van der Waals surface area contributed by atoms with Crippen molar-refractivity contribution in [1.29, 1.82) is 0 Å². The average molecular weight is 292 g/mol. The van der Waals surface area contributed by atoms with Crippen LogP contribution in [-0.4, -0.2) is 29.1 Å². The fourth-order valence-electron chi connectivity index (χ4n) is 2.03. The zero-order valence-corrected chi connectivity index (χ0v) is 12.6. The maximum Gasteiger partial charge on any atom is 0.305 e. The Morgan fingerprint density at radius 1 is 1.24 bits per heavy atom. The van der Waals surface area contributed by atoms with Gasteiger partial charge in [0.1, 0.15) is 0 Å². The molecule has 0 aromatic heterocycles. The van der Waals surface area contributed by atoms with Crippen molar-refractivity contribution < 1.29 is 14.7 Å². The van der Waals surface area contributed by atoms with Crippen molar-refractivity contribution in [2.75, 3.05) is 0 Å². The van der Waals surface area contributed by atoms with Crippen LogP contribution in [0.1, 0.15) is 32.3 Å². The Bertz CT molecular complexity index is 460. The summed E-state index contributed by atoms with van der Waals surface area (Å²) in [6.45, 7) is 3.76. The summed E-state index contributed by atoms with van der Waals surface area (Å²) in [5, 5.41) is 11.6. The van der Waals surface area contributed by atoms with Gasteiger partial charge in [0.25, 0.3) is 0 Å². The van der Waals surface area contributed by atoms with Crippen LogP contribution >= 0.6 is 0 Å². The predicted molar refractivity (Wildman–Crippen MR) is 81.8 cm³/mol. The molecule has 0 aliphatic rings. The van der Waals surface area contributed by atoms with Crippen LogP contribution in [0.15, 0.2) is 30.3 Å². The van der Waals surface area contributed by atoms with Crippen LogP contribution in [0.5, 0.6) is 0 Å². The van der Waals surface area contributed by atoms with Gasteiger partial charge in [0.05, 0.1) is 12.5 Å². The Labute approximate surface area is 125 Å². The summed E-state index contributed by atoms with van der Waals surface area (Å²) in [6, 6.07) is 8.80. The highest BCUT2D eigenvalue weighted by atomic mass is 16.4. The molecule has 0 aliphatic carbocycles. The minimum absolute atomic E-state index is 0.0476. The number of amides is 1. The van der Waals surface area contributed by atoms with Crippen LogP contribution in [0.3, 0.4) is 0 Å². The molecule has 1 aromatic carbocycles. The van der Waals surface area contributed by atoms with E-state index in [0.29, 0.717) is 6.42 Å². The minimum Gasteiger partial charge on any atom is -0.481 e. The molecule has 116 valence electrons. The molecule has 1 aromatic rings. The molecule has 0 radical (unpaired) electrons. The molecule has 1 amide bonds. The second-order valence-corrected chi connectivity index (χ2v) is 5.59. The molecule has 0 aliphatic heterocycles. The van der Waals surface area contributed by atoms with Crippen LogP contribution < -0.4 is 11.1 Å². The molecule has 21 heavy (non-hydrogen) atoms. The van der Waals surface area contributed by atoms with Crippen molar-refractivity contribution in [3.8, 4) is 0 Å². The lowest BCUT2D eigenvalue weighted by atomic mass is 9.99. The van der Waals surface area contributed by atoms with Gasteiger partial charge in [-0.15, -0.1) is 0 Å². The number of carbonyl (C=O) groups is 2. The van der Waals surface area contributed by atoms with E-state index >= 15 is 0 Å². The molecule has 1 rings (SSSR count). The Kier molecular flexibility index (Phi) is 6.88. The van der Waals surface area contributed by atoms with E-state index < -0.39 is 18.1 Å². The SMILES string of the molecule is CC(C)C(CC(=O)O)NC(=O)[C@@H](N)CCc1ccccc1. The summed E-state index contributed by atoms with van der Waals surface area (Å²) in [5.74, 6) is -1.16. The molecule has 5 heteroatoms. The van der Waals surface area contributed by atoms with E-state index in [9.17, 15) is 9.59 Å². The highest BCUT2D eigenvalue weighted by Gasteiger charge is 2.22. The Morgan fingerprint density at radius 3 is 2.38 bits per heavy atom. The molecule has 0 spiro atoms. The van der Waals surface area contributed by atoms with Crippen molar-refractivity contribution in [2.45, 2.75) is 45.2 Å². The van der Waals surface area contributed by atoms with Gasteiger partial charge in [-0.3, -0.25) is 9.59 Å². The number of hydrogen-bond acceptors (Lipinski definition) is 3. The summed E-state index contributed by atoms with van der Waals surface area (Å²) < 4.78 is 0. The fraction of sp³-hybridized carbons (Fsp3) is 0.500. The van der Waals surface area contributed by atoms with Crippen LogP contribution in [0, 0.1) is 5.92 Å². The van der Waals surface area contributed by atoms with E-state index in [1.165, 1.54) is 0 Å². The largest absolute Gasteiger partial charge is 0.481 e. The van der Waals surface area contributed by atoms with E-state index in [1.807, 2.05) is 44.2 Å². The predicted octanol–water partition coefficient (Wildman–Crippen LogP) is 1.56.